The Labute approximate surface area is 169 Å². The van der Waals surface area contributed by atoms with Crippen molar-refractivity contribution in [3.63, 3.8) is 0 Å². The lowest BCUT2D eigenvalue weighted by atomic mass is 10.0. The van der Waals surface area contributed by atoms with Crippen molar-refractivity contribution in [1.29, 1.82) is 0 Å². The summed E-state index contributed by atoms with van der Waals surface area (Å²) < 4.78 is 24.4. The van der Waals surface area contributed by atoms with Crippen LogP contribution in [0.1, 0.15) is 31.7 Å². The number of nitrogens with zero attached hydrogens (tertiary/aromatic N) is 2. The van der Waals surface area contributed by atoms with Gasteiger partial charge in [-0.2, -0.15) is 0 Å². The third-order valence-electron chi connectivity index (χ3n) is 4.31. The van der Waals surface area contributed by atoms with Crippen molar-refractivity contribution in [3.05, 3.63) is 35.9 Å². The quantitative estimate of drug-likeness (QED) is 0.295. The number of nitrogens with one attached hydrogen (secondary N) is 1. The van der Waals surface area contributed by atoms with Crippen LogP contribution in [-0.2, 0) is 15.6 Å². The first kappa shape index (κ1) is 22.2. The molecule has 0 radical (unpaired) electrons. The molecular weight excluding hydrogens is 449 g/mol. The van der Waals surface area contributed by atoms with Gasteiger partial charge in [0.2, 0.25) is 0 Å². The summed E-state index contributed by atoms with van der Waals surface area (Å²) in [6, 6.07) is 9.35. The summed E-state index contributed by atoms with van der Waals surface area (Å²) in [5.41, 5.74) is 0.851. The van der Waals surface area contributed by atoms with Gasteiger partial charge < -0.3 is 10.2 Å². The van der Waals surface area contributed by atoms with Crippen molar-refractivity contribution in [2.45, 2.75) is 31.9 Å². The van der Waals surface area contributed by atoms with Crippen molar-refractivity contribution >= 4 is 39.8 Å². The lowest BCUT2D eigenvalue weighted by molar-refractivity contribution is 0.266. The molecular formula is C18H30IN3O2S. The molecule has 0 saturated carbocycles. The maximum absolute atomic E-state index is 12.2. The number of aliphatic imine (C=N–C) groups is 1. The number of rotatable bonds is 6. The van der Waals surface area contributed by atoms with Crippen LogP contribution in [0.25, 0.3) is 0 Å². The molecule has 0 spiro atoms. The van der Waals surface area contributed by atoms with Gasteiger partial charge in [-0.15, -0.1) is 24.0 Å². The van der Waals surface area contributed by atoms with Gasteiger partial charge in [-0.25, -0.2) is 8.42 Å². The van der Waals surface area contributed by atoms with Crippen LogP contribution in [0.4, 0.5) is 0 Å². The second-order valence-corrected chi connectivity index (χ2v) is 8.78. The van der Waals surface area contributed by atoms with Crippen LogP contribution < -0.4 is 5.32 Å². The maximum Gasteiger partial charge on any atom is 0.193 e. The summed E-state index contributed by atoms with van der Waals surface area (Å²) in [5, 5.41) is 3.31. The van der Waals surface area contributed by atoms with E-state index in [1.54, 1.807) is 7.05 Å². The van der Waals surface area contributed by atoms with Gasteiger partial charge in [-0.1, -0.05) is 37.3 Å². The van der Waals surface area contributed by atoms with Gasteiger partial charge in [0.25, 0.3) is 0 Å². The number of benzene rings is 1. The Morgan fingerprint density at radius 3 is 2.68 bits per heavy atom. The van der Waals surface area contributed by atoms with E-state index in [9.17, 15) is 8.42 Å². The summed E-state index contributed by atoms with van der Waals surface area (Å²) in [4.78, 5) is 6.60. The van der Waals surface area contributed by atoms with Gasteiger partial charge in [0.1, 0.15) is 0 Å². The predicted octanol–water partition coefficient (Wildman–Crippen LogP) is 2.92. The molecule has 0 aromatic heterocycles. The van der Waals surface area contributed by atoms with Crippen molar-refractivity contribution in [1.82, 2.24) is 10.2 Å². The minimum absolute atomic E-state index is 0. The normalized spacial score (nSPS) is 18.6. The zero-order chi connectivity index (χ0) is 17.4. The number of sulfone groups is 1. The molecule has 1 saturated heterocycles. The highest BCUT2D eigenvalue weighted by atomic mass is 127. The van der Waals surface area contributed by atoms with Crippen LogP contribution in [0.15, 0.2) is 35.3 Å². The van der Waals surface area contributed by atoms with Gasteiger partial charge in [-0.05, 0) is 30.7 Å². The molecule has 1 aromatic rings. The highest BCUT2D eigenvalue weighted by Crippen LogP contribution is 2.15. The summed E-state index contributed by atoms with van der Waals surface area (Å²) in [6.45, 7) is 4.93. The smallest absolute Gasteiger partial charge is 0.193 e. The predicted molar refractivity (Wildman–Crippen MR) is 115 cm³/mol. The Bertz CT molecular complexity index is 635. The SMILES string of the molecule is CN=C(NCCCS(=O)(=O)Cc1ccccc1)N1CCCC(C)C1.I. The van der Waals surface area contributed by atoms with Gasteiger partial charge in [-0.3, -0.25) is 4.99 Å². The average Bonchev–Trinajstić information content (AvgIpc) is 2.55. The fraction of sp³-hybridized carbons (Fsp3) is 0.611. The molecule has 1 atom stereocenters. The maximum atomic E-state index is 12.2. The largest absolute Gasteiger partial charge is 0.356 e. The third kappa shape index (κ3) is 7.94. The van der Waals surface area contributed by atoms with E-state index in [2.05, 4.69) is 22.1 Å². The number of guanidine groups is 1. The molecule has 0 bridgehead atoms. The zero-order valence-electron chi connectivity index (χ0n) is 15.1. The Kier molecular flexibility index (Phi) is 9.78. The van der Waals surface area contributed by atoms with Crippen molar-refractivity contribution in [2.24, 2.45) is 10.9 Å². The van der Waals surface area contributed by atoms with E-state index in [-0.39, 0.29) is 35.5 Å². The van der Waals surface area contributed by atoms with E-state index in [4.69, 9.17) is 0 Å². The first-order valence-corrected chi connectivity index (χ1v) is 10.5. The Morgan fingerprint density at radius 1 is 1.32 bits per heavy atom. The molecule has 1 aliphatic heterocycles. The van der Waals surface area contributed by atoms with Crippen molar-refractivity contribution in [3.8, 4) is 0 Å². The van der Waals surface area contributed by atoms with Crippen LogP contribution in [0, 0.1) is 5.92 Å². The fourth-order valence-corrected chi connectivity index (χ4v) is 4.54. The topological polar surface area (TPSA) is 61.8 Å². The monoisotopic (exact) mass is 479 g/mol. The van der Waals surface area contributed by atoms with Crippen LogP contribution in [0.5, 0.6) is 0 Å². The van der Waals surface area contributed by atoms with Gasteiger partial charge in [0.15, 0.2) is 15.8 Å². The van der Waals surface area contributed by atoms with E-state index in [1.807, 2.05) is 30.3 Å². The number of likely N-dealkylation sites (tertiary alicyclic amines) is 1. The number of hydrogen-bond donors (Lipinski definition) is 1. The molecule has 1 unspecified atom stereocenters. The summed E-state index contributed by atoms with van der Waals surface area (Å²) in [6.07, 6.45) is 3.05. The molecule has 0 aliphatic carbocycles. The Hall–Kier alpha value is -0.830. The van der Waals surface area contributed by atoms with E-state index in [0.29, 0.717) is 18.9 Å². The molecule has 5 nitrogen and oxygen atoms in total. The first-order valence-electron chi connectivity index (χ1n) is 8.70. The molecule has 1 fully saturated rings. The second kappa shape index (κ2) is 11.0. The fourth-order valence-electron chi connectivity index (χ4n) is 3.11. The van der Waals surface area contributed by atoms with Crippen LogP contribution in [0.2, 0.25) is 0 Å². The Morgan fingerprint density at radius 2 is 2.04 bits per heavy atom. The Balaban J connectivity index is 0.00000312. The highest BCUT2D eigenvalue weighted by molar-refractivity contribution is 14.0. The molecule has 142 valence electrons. The second-order valence-electron chi connectivity index (χ2n) is 6.60. The third-order valence-corrected chi connectivity index (χ3v) is 6.00. The number of halogens is 1. The molecule has 25 heavy (non-hydrogen) atoms. The average molecular weight is 479 g/mol. The van der Waals surface area contributed by atoms with Gasteiger partial charge in [0.05, 0.1) is 11.5 Å². The van der Waals surface area contributed by atoms with Crippen LogP contribution in [0.3, 0.4) is 0 Å². The van der Waals surface area contributed by atoms with Gasteiger partial charge in [0, 0.05) is 26.7 Å². The first-order chi connectivity index (χ1) is 11.5. The van der Waals surface area contributed by atoms with E-state index in [0.717, 1.165) is 24.6 Å². The van der Waals surface area contributed by atoms with E-state index < -0.39 is 9.84 Å². The standard InChI is InChI=1S/C18H29N3O2S.HI/c1-16-8-6-12-21(14-16)18(19-2)20-11-7-13-24(22,23)15-17-9-4-3-5-10-17;/h3-5,9-10,16H,6-8,11-15H2,1-2H3,(H,19,20);1H. The highest BCUT2D eigenvalue weighted by Gasteiger charge is 2.19. The lowest BCUT2D eigenvalue weighted by Crippen LogP contribution is -2.46. The minimum Gasteiger partial charge on any atom is -0.356 e. The zero-order valence-corrected chi connectivity index (χ0v) is 18.3. The van der Waals surface area contributed by atoms with E-state index in [1.165, 1.54) is 12.8 Å². The van der Waals surface area contributed by atoms with Gasteiger partial charge >= 0.3 is 0 Å². The van der Waals surface area contributed by atoms with Crippen molar-refractivity contribution < 1.29 is 8.42 Å². The van der Waals surface area contributed by atoms with Crippen molar-refractivity contribution in [2.75, 3.05) is 32.4 Å². The molecule has 2 rings (SSSR count). The molecule has 0 amide bonds. The summed E-state index contributed by atoms with van der Waals surface area (Å²) >= 11 is 0. The summed E-state index contributed by atoms with van der Waals surface area (Å²) in [5.74, 6) is 1.89. The molecule has 7 heteroatoms. The molecule has 1 aromatic carbocycles. The van der Waals surface area contributed by atoms with Crippen LogP contribution in [-0.4, -0.2) is 51.7 Å². The number of hydrogen-bond acceptors (Lipinski definition) is 3. The summed E-state index contributed by atoms with van der Waals surface area (Å²) in [7, 11) is -1.28. The minimum atomic E-state index is -3.07. The molecule has 1 aliphatic rings. The van der Waals surface area contributed by atoms with Crippen LogP contribution >= 0.6 is 24.0 Å². The lowest BCUT2D eigenvalue weighted by Gasteiger charge is -2.33. The molecule has 1 N–H and O–H groups in total. The number of piperidine rings is 1. The molecule has 1 heterocycles. The van der Waals surface area contributed by atoms with E-state index >= 15 is 0 Å².